The second-order valence-corrected chi connectivity index (χ2v) is 5.26. The Bertz CT molecular complexity index is 437. The maximum Gasteiger partial charge on any atom is 0.418 e. The Labute approximate surface area is 122 Å². The van der Waals surface area contributed by atoms with Crippen molar-refractivity contribution in [1.29, 1.82) is 0 Å². The Balaban J connectivity index is 2.16. The Kier molecular flexibility index (Phi) is 5.16. The molecule has 20 heavy (non-hydrogen) atoms. The average Bonchev–Trinajstić information content (AvgIpc) is 2.64. The summed E-state index contributed by atoms with van der Waals surface area (Å²) in [6.07, 6.45) is -3.46. The third-order valence-corrected chi connectivity index (χ3v) is 3.71. The van der Waals surface area contributed by atoms with Gasteiger partial charge in [-0.15, -0.1) is 11.6 Å². The number of para-hydroxylation sites is 1. The molecule has 0 unspecified atom stereocenters. The largest absolute Gasteiger partial charge is 0.418 e. The van der Waals surface area contributed by atoms with Gasteiger partial charge in [0, 0.05) is 37.7 Å². The van der Waals surface area contributed by atoms with Crippen LogP contribution in [-0.2, 0) is 6.18 Å². The minimum Gasteiger partial charge on any atom is -0.370 e. The zero-order valence-electron chi connectivity index (χ0n) is 11.2. The van der Waals surface area contributed by atoms with E-state index >= 15 is 0 Å². The Hall–Kier alpha value is -0.940. The summed E-state index contributed by atoms with van der Waals surface area (Å²) >= 11 is 5.72. The van der Waals surface area contributed by atoms with Gasteiger partial charge in [-0.05, 0) is 25.1 Å². The topological polar surface area (TPSA) is 6.48 Å². The molecule has 2 rings (SSSR count). The highest BCUT2D eigenvalue weighted by Gasteiger charge is 2.34. The van der Waals surface area contributed by atoms with Crippen molar-refractivity contribution in [2.75, 3.05) is 43.5 Å². The number of hydrogen-bond donors (Lipinski definition) is 0. The van der Waals surface area contributed by atoms with Crippen LogP contribution in [0.5, 0.6) is 0 Å². The third-order valence-electron chi connectivity index (χ3n) is 3.54. The molecule has 0 aromatic heterocycles. The standard InChI is InChI=1S/C14H18ClF3N2/c15-6-9-19-7-3-8-20(11-10-19)13-5-2-1-4-12(13)14(16,17)18/h1-2,4-5H,3,6-11H2. The molecular formula is C14H18ClF3N2. The molecular weight excluding hydrogens is 289 g/mol. The minimum atomic E-state index is -4.31. The monoisotopic (exact) mass is 306 g/mol. The second-order valence-electron chi connectivity index (χ2n) is 4.89. The first-order valence-corrected chi connectivity index (χ1v) is 7.25. The van der Waals surface area contributed by atoms with E-state index in [1.807, 2.05) is 4.90 Å². The van der Waals surface area contributed by atoms with Gasteiger partial charge in [0.15, 0.2) is 0 Å². The Morgan fingerprint density at radius 3 is 2.50 bits per heavy atom. The smallest absolute Gasteiger partial charge is 0.370 e. The molecule has 1 aromatic rings. The molecule has 0 aliphatic carbocycles. The maximum atomic E-state index is 13.0. The van der Waals surface area contributed by atoms with Gasteiger partial charge in [0.1, 0.15) is 0 Å². The van der Waals surface area contributed by atoms with Crippen LogP contribution in [0.15, 0.2) is 24.3 Å². The van der Waals surface area contributed by atoms with Crippen molar-refractivity contribution in [3.63, 3.8) is 0 Å². The molecule has 1 fully saturated rings. The van der Waals surface area contributed by atoms with Crippen LogP contribution in [0.3, 0.4) is 0 Å². The molecule has 0 radical (unpaired) electrons. The fourth-order valence-electron chi connectivity index (χ4n) is 2.54. The number of anilines is 1. The van der Waals surface area contributed by atoms with Crippen molar-refractivity contribution in [3.05, 3.63) is 29.8 Å². The van der Waals surface area contributed by atoms with Crippen LogP contribution in [-0.4, -0.2) is 43.5 Å². The summed E-state index contributed by atoms with van der Waals surface area (Å²) in [6.45, 7) is 3.67. The van der Waals surface area contributed by atoms with Crippen molar-refractivity contribution >= 4 is 17.3 Å². The van der Waals surface area contributed by atoms with Crippen LogP contribution >= 0.6 is 11.6 Å². The van der Waals surface area contributed by atoms with E-state index in [0.29, 0.717) is 19.0 Å². The lowest BCUT2D eigenvalue weighted by Crippen LogP contribution is -2.32. The summed E-state index contributed by atoms with van der Waals surface area (Å²) in [6, 6.07) is 5.80. The van der Waals surface area contributed by atoms with Gasteiger partial charge in [-0.2, -0.15) is 13.2 Å². The van der Waals surface area contributed by atoms with Gasteiger partial charge in [-0.25, -0.2) is 0 Å². The molecule has 0 amide bonds. The van der Waals surface area contributed by atoms with Gasteiger partial charge in [0.25, 0.3) is 0 Å². The lowest BCUT2D eigenvalue weighted by molar-refractivity contribution is -0.137. The SMILES string of the molecule is FC(F)(F)c1ccccc1N1CCCN(CCCl)CC1. The first-order valence-electron chi connectivity index (χ1n) is 6.72. The number of alkyl halides is 4. The quantitative estimate of drug-likeness (QED) is 0.789. The van der Waals surface area contributed by atoms with E-state index in [-0.39, 0.29) is 5.69 Å². The van der Waals surface area contributed by atoms with Gasteiger partial charge in [-0.1, -0.05) is 12.1 Å². The fraction of sp³-hybridized carbons (Fsp3) is 0.571. The normalized spacial score (nSPS) is 18.1. The van der Waals surface area contributed by atoms with E-state index in [1.165, 1.54) is 6.07 Å². The predicted octanol–water partition coefficient (Wildman–Crippen LogP) is 3.46. The molecule has 0 spiro atoms. The van der Waals surface area contributed by atoms with Crippen LogP contribution in [0, 0.1) is 0 Å². The first kappa shape index (κ1) is 15.4. The molecule has 0 N–H and O–H groups in total. The van der Waals surface area contributed by atoms with Crippen LogP contribution < -0.4 is 4.90 Å². The van der Waals surface area contributed by atoms with Crippen LogP contribution in [0.2, 0.25) is 0 Å². The Morgan fingerprint density at radius 2 is 1.80 bits per heavy atom. The van der Waals surface area contributed by atoms with Crippen LogP contribution in [0.1, 0.15) is 12.0 Å². The lowest BCUT2D eigenvalue weighted by atomic mass is 10.1. The molecule has 1 aromatic carbocycles. The summed E-state index contributed by atoms with van der Waals surface area (Å²) in [5, 5.41) is 0. The molecule has 112 valence electrons. The summed E-state index contributed by atoms with van der Waals surface area (Å²) in [4.78, 5) is 4.03. The molecule has 0 saturated carbocycles. The van der Waals surface area contributed by atoms with Crippen molar-refractivity contribution < 1.29 is 13.2 Å². The van der Waals surface area contributed by atoms with Gasteiger partial charge in [-0.3, -0.25) is 0 Å². The molecule has 1 aliphatic heterocycles. The number of halogens is 4. The molecule has 1 heterocycles. The molecule has 0 bridgehead atoms. The third kappa shape index (κ3) is 3.79. The Morgan fingerprint density at radius 1 is 1.05 bits per heavy atom. The summed E-state index contributed by atoms with van der Waals surface area (Å²) in [7, 11) is 0. The van der Waals surface area contributed by atoms with E-state index in [0.717, 1.165) is 32.1 Å². The van der Waals surface area contributed by atoms with Gasteiger partial charge in [0.05, 0.1) is 5.56 Å². The summed E-state index contributed by atoms with van der Waals surface area (Å²) in [5.74, 6) is 0.555. The lowest BCUT2D eigenvalue weighted by Gasteiger charge is -2.26. The molecule has 6 heteroatoms. The number of hydrogen-bond acceptors (Lipinski definition) is 2. The number of benzene rings is 1. The van der Waals surface area contributed by atoms with Crippen molar-refractivity contribution in [3.8, 4) is 0 Å². The molecule has 0 atom stereocenters. The summed E-state index contributed by atoms with van der Waals surface area (Å²) in [5.41, 5.74) is -0.265. The van der Waals surface area contributed by atoms with E-state index in [9.17, 15) is 13.2 Å². The molecule has 2 nitrogen and oxygen atoms in total. The van der Waals surface area contributed by atoms with E-state index < -0.39 is 11.7 Å². The highest BCUT2D eigenvalue weighted by Crippen LogP contribution is 2.36. The fourth-order valence-corrected chi connectivity index (χ4v) is 2.78. The second kappa shape index (κ2) is 6.68. The summed E-state index contributed by atoms with van der Waals surface area (Å²) < 4.78 is 39.1. The van der Waals surface area contributed by atoms with E-state index in [1.54, 1.807) is 12.1 Å². The molecule has 1 aliphatic rings. The number of rotatable bonds is 3. The van der Waals surface area contributed by atoms with Gasteiger partial charge in [0.2, 0.25) is 0 Å². The van der Waals surface area contributed by atoms with Crippen molar-refractivity contribution in [2.24, 2.45) is 0 Å². The number of nitrogens with zero attached hydrogens (tertiary/aromatic N) is 2. The van der Waals surface area contributed by atoms with E-state index in [2.05, 4.69) is 4.90 Å². The maximum absolute atomic E-state index is 13.0. The van der Waals surface area contributed by atoms with Crippen molar-refractivity contribution in [2.45, 2.75) is 12.6 Å². The van der Waals surface area contributed by atoms with Crippen LogP contribution in [0.4, 0.5) is 18.9 Å². The minimum absolute atomic E-state index is 0.285. The van der Waals surface area contributed by atoms with Gasteiger partial charge < -0.3 is 9.80 Å². The highest BCUT2D eigenvalue weighted by molar-refractivity contribution is 6.18. The van der Waals surface area contributed by atoms with Crippen molar-refractivity contribution in [1.82, 2.24) is 4.90 Å². The molecule has 1 saturated heterocycles. The average molecular weight is 307 g/mol. The van der Waals surface area contributed by atoms with E-state index in [4.69, 9.17) is 11.6 Å². The zero-order valence-corrected chi connectivity index (χ0v) is 11.9. The highest BCUT2D eigenvalue weighted by atomic mass is 35.5. The predicted molar refractivity (Wildman–Crippen MR) is 75.4 cm³/mol. The zero-order chi connectivity index (χ0) is 14.6. The first-order chi connectivity index (χ1) is 9.52. The van der Waals surface area contributed by atoms with Crippen LogP contribution in [0.25, 0.3) is 0 Å². The van der Waals surface area contributed by atoms with Gasteiger partial charge >= 0.3 is 6.18 Å².